The van der Waals surface area contributed by atoms with Crippen molar-refractivity contribution in [3.05, 3.63) is 0 Å². The van der Waals surface area contributed by atoms with Gasteiger partial charge in [-0.05, 0) is 37.5 Å². The molecular formula is C6H18BNS2. The van der Waals surface area contributed by atoms with Crippen LogP contribution in [0.25, 0.3) is 0 Å². The van der Waals surface area contributed by atoms with E-state index in [4.69, 9.17) is 7.98 Å². The molecule has 0 saturated heterocycles. The minimum atomic E-state index is -0.712. The molecule has 62 valence electrons. The molecule has 0 aromatic carbocycles. The summed E-state index contributed by atoms with van der Waals surface area (Å²) in [5, 5.41) is 0. The zero-order valence-electron chi connectivity index (χ0n) is 7.84. The summed E-state index contributed by atoms with van der Waals surface area (Å²) < 4.78 is 2.04. The molecule has 0 aromatic heterocycles. The predicted molar refractivity (Wildman–Crippen MR) is 58.3 cm³/mol. The van der Waals surface area contributed by atoms with Gasteiger partial charge in [-0.1, -0.05) is 0 Å². The van der Waals surface area contributed by atoms with Crippen LogP contribution < -0.4 is 0 Å². The van der Waals surface area contributed by atoms with Crippen molar-refractivity contribution in [1.29, 1.82) is 0 Å². The van der Waals surface area contributed by atoms with Gasteiger partial charge in [0.1, 0.15) is 0 Å². The first-order chi connectivity index (χ1) is 4.15. The molecule has 0 amide bonds. The number of rotatable bonds is 2. The van der Waals surface area contributed by atoms with Crippen LogP contribution in [0.5, 0.6) is 0 Å². The second-order valence-corrected chi connectivity index (χ2v) is 11.9. The quantitative estimate of drug-likeness (QED) is 0.582. The Labute approximate surface area is 69.9 Å². The molecule has 0 N–H and O–H groups in total. The molecule has 10 heavy (non-hydrogen) atoms. The molecule has 0 aromatic rings. The Kier molecular flexibility index (Phi) is 3.21. The first-order valence-corrected chi connectivity index (χ1v) is 8.70. The highest BCUT2D eigenvalue weighted by Gasteiger charge is 2.19. The molecule has 0 spiro atoms. The lowest BCUT2D eigenvalue weighted by atomic mass is 10.5. The Morgan fingerprint density at radius 2 is 1.00 bits per heavy atom. The van der Waals surface area contributed by atoms with Crippen LogP contribution in [0.2, 0.25) is 0 Å². The summed E-state index contributed by atoms with van der Waals surface area (Å²) in [6.07, 6.45) is 13.3. The van der Waals surface area contributed by atoms with E-state index >= 15 is 0 Å². The van der Waals surface area contributed by atoms with Crippen LogP contribution in [-0.2, 0) is 0 Å². The van der Waals surface area contributed by atoms with E-state index in [1.165, 1.54) is 0 Å². The fourth-order valence-corrected chi connectivity index (χ4v) is 6.04. The van der Waals surface area contributed by atoms with Gasteiger partial charge in [-0.25, -0.2) is 0 Å². The summed E-state index contributed by atoms with van der Waals surface area (Å²) in [5.74, 6) is 0. The summed E-state index contributed by atoms with van der Waals surface area (Å²) in [5.41, 5.74) is 0. The van der Waals surface area contributed by atoms with E-state index in [2.05, 4.69) is 37.5 Å². The third-order valence-electron chi connectivity index (χ3n) is 1.08. The summed E-state index contributed by atoms with van der Waals surface area (Å²) >= 11 is 0. The van der Waals surface area contributed by atoms with E-state index in [0.717, 1.165) is 0 Å². The smallest absolute Gasteiger partial charge is 0.213 e. The monoisotopic (exact) mass is 179 g/mol. The van der Waals surface area contributed by atoms with E-state index in [9.17, 15) is 0 Å². The van der Waals surface area contributed by atoms with Crippen LogP contribution in [0.1, 0.15) is 0 Å². The van der Waals surface area contributed by atoms with Crippen molar-refractivity contribution in [3.63, 3.8) is 0 Å². The SMILES string of the molecule is [B]N(S(C)(C)C)S(C)(C)C. The highest BCUT2D eigenvalue weighted by atomic mass is 32.3. The Bertz CT molecular complexity index is 99.9. The van der Waals surface area contributed by atoms with Gasteiger partial charge in [0, 0.05) is 0 Å². The highest BCUT2D eigenvalue weighted by molar-refractivity contribution is 8.44. The van der Waals surface area contributed by atoms with E-state index in [-0.39, 0.29) is 0 Å². The molecule has 0 aliphatic rings. The molecule has 0 fully saturated rings. The molecule has 0 rings (SSSR count). The minimum Gasteiger partial charge on any atom is -0.286 e. The second-order valence-electron chi connectivity index (χ2n) is 3.83. The fourth-order valence-electron chi connectivity index (χ4n) is 0.671. The minimum absolute atomic E-state index is 0.712. The van der Waals surface area contributed by atoms with Gasteiger partial charge in [0.2, 0.25) is 7.98 Å². The van der Waals surface area contributed by atoms with Gasteiger partial charge in [-0.3, -0.25) is 3.62 Å². The van der Waals surface area contributed by atoms with Crippen molar-refractivity contribution >= 4 is 28.4 Å². The summed E-state index contributed by atoms with van der Waals surface area (Å²) in [7, 11) is 4.51. The molecule has 0 atom stereocenters. The van der Waals surface area contributed by atoms with Gasteiger partial charge in [-0.15, -0.1) is 0 Å². The van der Waals surface area contributed by atoms with Gasteiger partial charge in [0.25, 0.3) is 0 Å². The lowest BCUT2D eigenvalue weighted by Crippen LogP contribution is -2.25. The lowest BCUT2D eigenvalue weighted by molar-refractivity contribution is 1.18. The van der Waals surface area contributed by atoms with Gasteiger partial charge >= 0.3 is 0 Å². The Balaban J connectivity index is 4.23. The molecule has 0 saturated carbocycles. The first-order valence-electron chi connectivity index (χ1n) is 3.07. The van der Waals surface area contributed by atoms with E-state index < -0.39 is 20.4 Å². The van der Waals surface area contributed by atoms with Crippen LogP contribution in [0.4, 0.5) is 0 Å². The Morgan fingerprint density at radius 1 is 0.800 bits per heavy atom. The average Bonchev–Trinajstić information content (AvgIpc) is 1.59. The van der Waals surface area contributed by atoms with Gasteiger partial charge in [0.15, 0.2) is 0 Å². The molecule has 0 aliphatic heterocycles. The maximum Gasteiger partial charge on any atom is 0.213 e. The standard InChI is InChI=1S/C6H18BNS2/c1-9(2,3)8(7)10(4,5)6/h1-6H3. The fraction of sp³-hybridized carbons (Fsp3) is 1.00. The largest absolute Gasteiger partial charge is 0.286 e. The van der Waals surface area contributed by atoms with Crippen LogP contribution >= 0.6 is 20.4 Å². The van der Waals surface area contributed by atoms with Crippen molar-refractivity contribution in [2.45, 2.75) is 0 Å². The van der Waals surface area contributed by atoms with Crippen LogP contribution in [0, 0.1) is 0 Å². The number of hydrogen-bond acceptors (Lipinski definition) is 1. The Hall–Kier alpha value is 0.725. The van der Waals surface area contributed by atoms with Gasteiger partial charge < -0.3 is 0 Å². The molecule has 4 heteroatoms. The van der Waals surface area contributed by atoms with Gasteiger partial charge in [-0.2, -0.15) is 20.4 Å². The maximum absolute atomic E-state index is 5.94. The van der Waals surface area contributed by atoms with Crippen LogP contribution in [0.3, 0.4) is 0 Å². The zero-order chi connectivity index (χ0) is 8.58. The first kappa shape index (κ1) is 10.7. The summed E-state index contributed by atoms with van der Waals surface area (Å²) in [6, 6.07) is 0. The van der Waals surface area contributed by atoms with E-state index in [1.54, 1.807) is 0 Å². The maximum atomic E-state index is 5.94. The lowest BCUT2D eigenvalue weighted by Gasteiger charge is -2.50. The van der Waals surface area contributed by atoms with Crippen molar-refractivity contribution in [2.75, 3.05) is 37.5 Å². The zero-order valence-corrected chi connectivity index (χ0v) is 9.47. The Morgan fingerprint density at radius 3 is 1.00 bits per heavy atom. The third kappa shape index (κ3) is 3.22. The molecule has 1 nitrogen and oxygen atoms in total. The summed E-state index contributed by atoms with van der Waals surface area (Å²) in [4.78, 5) is 0. The predicted octanol–water partition coefficient (Wildman–Crippen LogP) is 1.59. The summed E-state index contributed by atoms with van der Waals surface area (Å²) in [6.45, 7) is 0. The van der Waals surface area contributed by atoms with Crippen LogP contribution in [0.15, 0.2) is 0 Å². The third-order valence-corrected chi connectivity index (χ3v) is 5.92. The molecular weight excluding hydrogens is 161 g/mol. The number of hydrogen-bond donors (Lipinski definition) is 0. The molecule has 0 unspecified atom stereocenters. The molecule has 0 bridgehead atoms. The topological polar surface area (TPSA) is 3.24 Å². The van der Waals surface area contributed by atoms with E-state index in [1.807, 2.05) is 3.62 Å². The van der Waals surface area contributed by atoms with Crippen LogP contribution in [-0.4, -0.2) is 49.1 Å². The van der Waals surface area contributed by atoms with Crippen molar-refractivity contribution < 1.29 is 0 Å². The van der Waals surface area contributed by atoms with E-state index in [0.29, 0.717) is 0 Å². The molecule has 0 aliphatic carbocycles. The second kappa shape index (κ2) is 2.99. The van der Waals surface area contributed by atoms with Crippen molar-refractivity contribution in [2.24, 2.45) is 0 Å². The van der Waals surface area contributed by atoms with Crippen molar-refractivity contribution in [1.82, 2.24) is 3.62 Å². The highest BCUT2D eigenvalue weighted by Crippen LogP contribution is 2.54. The average molecular weight is 179 g/mol. The number of nitrogens with zero attached hydrogens (tertiary/aromatic N) is 1. The normalized spacial score (nSPS) is 17.5. The molecule has 2 radical (unpaired) electrons. The van der Waals surface area contributed by atoms with Crippen molar-refractivity contribution in [3.8, 4) is 0 Å². The van der Waals surface area contributed by atoms with Gasteiger partial charge in [0.05, 0.1) is 0 Å². The molecule has 0 heterocycles.